The van der Waals surface area contributed by atoms with E-state index in [0.29, 0.717) is 30.2 Å². The fourth-order valence-electron chi connectivity index (χ4n) is 1.90. The predicted molar refractivity (Wildman–Crippen MR) is 82.4 cm³/mol. The normalized spacial score (nSPS) is 11.7. The number of urea groups is 1. The van der Waals surface area contributed by atoms with Gasteiger partial charge < -0.3 is 29.5 Å². The van der Waals surface area contributed by atoms with Gasteiger partial charge in [0.25, 0.3) is 0 Å². The molecule has 7 nitrogen and oxygen atoms in total. The van der Waals surface area contributed by atoms with E-state index in [2.05, 4.69) is 5.32 Å². The van der Waals surface area contributed by atoms with Crippen LogP contribution in [0.1, 0.15) is 11.7 Å². The van der Waals surface area contributed by atoms with Gasteiger partial charge in [0.05, 0.1) is 33.5 Å². The van der Waals surface area contributed by atoms with Gasteiger partial charge >= 0.3 is 6.03 Å². The first-order valence-corrected chi connectivity index (χ1v) is 6.91. The summed E-state index contributed by atoms with van der Waals surface area (Å²) in [6.45, 7) is 1.03. The zero-order valence-corrected chi connectivity index (χ0v) is 13.5. The molecule has 0 spiro atoms. The molecule has 1 aromatic rings. The molecule has 22 heavy (non-hydrogen) atoms. The van der Waals surface area contributed by atoms with Crippen LogP contribution in [0.5, 0.6) is 11.5 Å². The van der Waals surface area contributed by atoms with E-state index in [4.69, 9.17) is 14.2 Å². The van der Waals surface area contributed by atoms with Crippen molar-refractivity contribution >= 4 is 6.03 Å². The summed E-state index contributed by atoms with van der Waals surface area (Å²) >= 11 is 0. The first-order chi connectivity index (χ1) is 10.5. The Kier molecular flexibility index (Phi) is 7.48. The van der Waals surface area contributed by atoms with Gasteiger partial charge in [0.1, 0.15) is 0 Å². The van der Waals surface area contributed by atoms with Crippen LogP contribution in [0.15, 0.2) is 18.2 Å². The molecule has 7 heteroatoms. The minimum absolute atomic E-state index is 0.161. The lowest BCUT2D eigenvalue weighted by Gasteiger charge is -2.22. The maximum absolute atomic E-state index is 11.8. The minimum Gasteiger partial charge on any atom is -0.493 e. The number of carbonyl (C=O) groups excluding carboxylic acids is 1. The number of hydrogen-bond acceptors (Lipinski definition) is 5. The number of likely N-dealkylation sites (N-methyl/N-ethyl adjacent to an activating group) is 1. The Morgan fingerprint density at radius 2 is 1.95 bits per heavy atom. The third-order valence-electron chi connectivity index (χ3n) is 3.17. The van der Waals surface area contributed by atoms with E-state index in [-0.39, 0.29) is 12.6 Å². The molecule has 0 aliphatic heterocycles. The second kappa shape index (κ2) is 9.11. The highest BCUT2D eigenvalue weighted by Gasteiger charge is 2.16. The second-order valence-corrected chi connectivity index (χ2v) is 4.74. The van der Waals surface area contributed by atoms with Crippen LogP contribution < -0.4 is 14.8 Å². The summed E-state index contributed by atoms with van der Waals surface area (Å²) in [5.41, 5.74) is 0.647. The van der Waals surface area contributed by atoms with Crippen LogP contribution in [0.25, 0.3) is 0 Å². The van der Waals surface area contributed by atoms with Gasteiger partial charge in [0.15, 0.2) is 11.5 Å². The van der Waals surface area contributed by atoms with Crippen molar-refractivity contribution in [1.82, 2.24) is 10.2 Å². The van der Waals surface area contributed by atoms with Crippen LogP contribution in [0, 0.1) is 0 Å². The van der Waals surface area contributed by atoms with Crippen molar-refractivity contribution in [1.29, 1.82) is 0 Å². The molecule has 1 rings (SSSR count). The summed E-state index contributed by atoms with van der Waals surface area (Å²) in [6, 6.07) is 4.88. The highest BCUT2D eigenvalue weighted by atomic mass is 16.5. The third kappa shape index (κ3) is 5.09. The van der Waals surface area contributed by atoms with Gasteiger partial charge in [-0.15, -0.1) is 0 Å². The standard InChI is InChI=1S/C15H24N2O5/c1-17(15(19)16-7-8-20-2)10-12(18)11-5-6-13(21-3)14(9-11)22-4/h5-6,9,12,18H,7-8,10H2,1-4H3,(H,16,19). The number of carbonyl (C=O) groups is 1. The number of methoxy groups -OCH3 is 3. The highest BCUT2D eigenvalue weighted by molar-refractivity contribution is 5.73. The minimum atomic E-state index is -0.821. The summed E-state index contributed by atoms with van der Waals surface area (Å²) in [4.78, 5) is 13.2. The van der Waals surface area contributed by atoms with Crippen molar-refractivity contribution in [3.8, 4) is 11.5 Å². The Morgan fingerprint density at radius 3 is 2.55 bits per heavy atom. The fraction of sp³-hybridized carbons (Fsp3) is 0.533. The monoisotopic (exact) mass is 312 g/mol. The molecule has 2 N–H and O–H groups in total. The molecule has 0 bridgehead atoms. The molecular formula is C15H24N2O5. The lowest BCUT2D eigenvalue weighted by Crippen LogP contribution is -2.40. The van der Waals surface area contributed by atoms with Gasteiger partial charge in [-0.3, -0.25) is 0 Å². The number of benzene rings is 1. The third-order valence-corrected chi connectivity index (χ3v) is 3.17. The number of amides is 2. The van der Waals surface area contributed by atoms with Crippen molar-refractivity contribution < 1.29 is 24.1 Å². The molecule has 0 saturated heterocycles. The molecule has 0 aliphatic rings. The largest absolute Gasteiger partial charge is 0.493 e. The van der Waals surface area contributed by atoms with Crippen LogP contribution in [-0.2, 0) is 4.74 Å². The summed E-state index contributed by atoms with van der Waals surface area (Å²) in [6.07, 6.45) is -0.821. The Balaban J connectivity index is 2.64. The predicted octanol–water partition coefficient (Wildman–Crippen LogP) is 1.02. The van der Waals surface area contributed by atoms with Gasteiger partial charge in [0, 0.05) is 20.7 Å². The van der Waals surface area contributed by atoms with Crippen LogP contribution >= 0.6 is 0 Å². The summed E-state index contributed by atoms with van der Waals surface area (Å²) in [7, 11) is 6.26. The average Bonchev–Trinajstić information content (AvgIpc) is 2.53. The Bertz CT molecular complexity index is 481. The van der Waals surface area contributed by atoms with Crippen LogP contribution in [0.2, 0.25) is 0 Å². The lowest BCUT2D eigenvalue weighted by atomic mass is 10.1. The van der Waals surface area contributed by atoms with Gasteiger partial charge in [0.2, 0.25) is 0 Å². The first-order valence-electron chi connectivity index (χ1n) is 6.91. The van der Waals surface area contributed by atoms with Crippen LogP contribution in [0.4, 0.5) is 4.79 Å². The second-order valence-electron chi connectivity index (χ2n) is 4.74. The molecule has 1 atom stereocenters. The van der Waals surface area contributed by atoms with E-state index < -0.39 is 6.10 Å². The zero-order valence-electron chi connectivity index (χ0n) is 13.5. The number of nitrogens with zero attached hydrogens (tertiary/aromatic N) is 1. The van der Waals surface area contributed by atoms with Gasteiger partial charge in [-0.05, 0) is 17.7 Å². The smallest absolute Gasteiger partial charge is 0.317 e. The topological polar surface area (TPSA) is 80.3 Å². The van der Waals surface area contributed by atoms with Crippen molar-refractivity contribution in [3.63, 3.8) is 0 Å². The van der Waals surface area contributed by atoms with E-state index >= 15 is 0 Å². The molecular weight excluding hydrogens is 288 g/mol. The number of rotatable bonds is 8. The molecule has 0 aromatic heterocycles. The number of nitrogens with one attached hydrogen (secondary N) is 1. The molecule has 1 unspecified atom stereocenters. The van der Waals surface area contributed by atoms with Crippen molar-refractivity contribution in [3.05, 3.63) is 23.8 Å². The van der Waals surface area contributed by atoms with Crippen molar-refractivity contribution in [2.24, 2.45) is 0 Å². The number of aliphatic hydroxyl groups is 1. The average molecular weight is 312 g/mol. The molecule has 0 aliphatic carbocycles. The molecule has 1 aromatic carbocycles. The maximum atomic E-state index is 11.8. The van der Waals surface area contributed by atoms with Gasteiger partial charge in [-0.25, -0.2) is 4.79 Å². The van der Waals surface area contributed by atoms with Crippen molar-refractivity contribution in [2.45, 2.75) is 6.10 Å². The summed E-state index contributed by atoms with van der Waals surface area (Å²) < 4.78 is 15.2. The van der Waals surface area contributed by atoms with Gasteiger partial charge in [-0.2, -0.15) is 0 Å². The molecule has 2 amide bonds. The van der Waals surface area contributed by atoms with Crippen molar-refractivity contribution in [2.75, 3.05) is 48.1 Å². The number of ether oxygens (including phenoxy) is 3. The Labute approximate surface area is 130 Å². The van der Waals surface area contributed by atoms with E-state index in [1.165, 1.54) is 12.0 Å². The lowest BCUT2D eigenvalue weighted by molar-refractivity contribution is 0.129. The van der Waals surface area contributed by atoms with E-state index in [0.717, 1.165) is 0 Å². The summed E-state index contributed by atoms with van der Waals surface area (Å²) in [5, 5.41) is 12.9. The quantitative estimate of drug-likeness (QED) is 0.701. The van der Waals surface area contributed by atoms with E-state index in [9.17, 15) is 9.90 Å². The van der Waals surface area contributed by atoms with Crippen LogP contribution in [-0.4, -0.2) is 64.1 Å². The molecule has 124 valence electrons. The fourth-order valence-corrected chi connectivity index (χ4v) is 1.90. The SMILES string of the molecule is COCCNC(=O)N(C)CC(O)c1ccc(OC)c(OC)c1. The van der Waals surface area contributed by atoms with E-state index in [1.54, 1.807) is 39.5 Å². The molecule has 0 saturated carbocycles. The molecule has 0 heterocycles. The highest BCUT2D eigenvalue weighted by Crippen LogP contribution is 2.30. The molecule has 0 radical (unpaired) electrons. The maximum Gasteiger partial charge on any atom is 0.317 e. The number of aliphatic hydroxyl groups excluding tert-OH is 1. The van der Waals surface area contributed by atoms with Gasteiger partial charge in [-0.1, -0.05) is 6.07 Å². The van der Waals surface area contributed by atoms with E-state index in [1.807, 2.05) is 0 Å². The van der Waals surface area contributed by atoms with Crippen LogP contribution in [0.3, 0.4) is 0 Å². The Hall–Kier alpha value is -1.99. The Morgan fingerprint density at radius 1 is 1.27 bits per heavy atom. The zero-order chi connectivity index (χ0) is 16.5. The number of hydrogen-bond donors (Lipinski definition) is 2. The molecule has 0 fully saturated rings. The summed E-state index contributed by atoms with van der Waals surface area (Å²) in [5.74, 6) is 1.12. The first kappa shape index (κ1) is 18.1.